The van der Waals surface area contributed by atoms with Crippen molar-refractivity contribution in [1.29, 1.82) is 0 Å². The van der Waals surface area contributed by atoms with Gasteiger partial charge in [-0.15, -0.1) is 0 Å². The number of nitrogens with zero attached hydrogens (tertiary/aromatic N) is 2. The Morgan fingerprint density at radius 1 is 1.33 bits per heavy atom. The van der Waals surface area contributed by atoms with E-state index >= 15 is 0 Å². The number of hydrogen-bond donors (Lipinski definition) is 1. The van der Waals surface area contributed by atoms with E-state index in [9.17, 15) is 0 Å². The van der Waals surface area contributed by atoms with Gasteiger partial charge >= 0.3 is 0 Å². The summed E-state index contributed by atoms with van der Waals surface area (Å²) in [4.78, 5) is 6.89. The molecule has 1 saturated carbocycles. The molecule has 0 aromatic carbocycles. The lowest BCUT2D eigenvalue weighted by Gasteiger charge is -2.38. The first kappa shape index (κ1) is 13.5. The Kier molecular flexibility index (Phi) is 5.14. The molecule has 1 N–H and O–H groups in total. The number of aromatic nitrogens is 1. The lowest BCUT2D eigenvalue weighted by atomic mass is 9.89. The lowest BCUT2D eigenvalue weighted by Crippen LogP contribution is -2.50. The Labute approximate surface area is 111 Å². The van der Waals surface area contributed by atoms with Crippen LogP contribution in [0.1, 0.15) is 38.3 Å². The summed E-state index contributed by atoms with van der Waals surface area (Å²) in [5.41, 5.74) is 1.17. The van der Waals surface area contributed by atoms with Crippen LogP contribution in [0.3, 0.4) is 0 Å². The summed E-state index contributed by atoms with van der Waals surface area (Å²) >= 11 is 0. The monoisotopic (exact) mass is 247 g/mol. The normalized spacial score (nSPS) is 24.4. The van der Waals surface area contributed by atoms with Gasteiger partial charge in [0.05, 0.1) is 5.69 Å². The van der Waals surface area contributed by atoms with Crippen LogP contribution in [0.2, 0.25) is 0 Å². The Balaban J connectivity index is 1.95. The van der Waals surface area contributed by atoms with E-state index in [2.05, 4.69) is 41.3 Å². The maximum absolute atomic E-state index is 4.42. The topological polar surface area (TPSA) is 28.2 Å². The molecule has 0 radical (unpaired) electrons. The van der Waals surface area contributed by atoms with Crippen molar-refractivity contribution in [3.8, 4) is 0 Å². The average Bonchev–Trinajstić information content (AvgIpc) is 2.41. The van der Waals surface area contributed by atoms with Crippen molar-refractivity contribution in [3.63, 3.8) is 0 Å². The summed E-state index contributed by atoms with van der Waals surface area (Å²) < 4.78 is 0. The van der Waals surface area contributed by atoms with Crippen molar-refractivity contribution < 1.29 is 0 Å². The molecule has 1 aliphatic rings. The number of likely N-dealkylation sites (N-methyl/N-ethyl adjacent to an activating group) is 2. The first-order valence-corrected chi connectivity index (χ1v) is 7.14. The molecule has 2 unspecified atom stereocenters. The number of nitrogens with one attached hydrogen (secondary N) is 1. The second-order valence-corrected chi connectivity index (χ2v) is 5.25. The fourth-order valence-corrected chi connectivity index (χ4v) is 3.00. The highest BCUT2D eigenvalue weighted by atomic mass is 15.2. The molecule has 2 atom stereocenters. The van der Waals surface area contributed by atoms with Crippen LogP contribution in [0.4, 0.5) is 0 Å². The smallest absolute Gasteiger partial charge is 0.0543 e. The van der Waals surface area contributed by atoms with E-state index in [1.54, 1.807) is 0 Å². The molecule has 3 heteroatoms. The molecule has 100 valence electrons. The highest BCUT2D eigenvalue weighted by Gasteiger charge is 2.27. The summed E-state index contributed by atoms with van der Waals surface area (Å²) in [6.07, 6.45) is 7.22. The Hall–Kier alpha value is -0.930. The third-order valence-corrected chi connectivity index (χ3v) is 3.90. The fraction of sp³-hybridized carbons (Fsp3) is 0.667. The van der Waals surface area contributed by atoms with E-state index in [1.165, 1.54) is 31.4 Å². The van der Waals surface area contributed by atoms with Gasteiger partial charge in [-0.3, -0.25) is 9.88 Å². The molecule has 0 bridgehead atoms. The van der Waals surface area contributed by atoms with Gasteiger partial charge in [-0.1, -0.05) is 25.8 Å². The minimum absolute atomic E-state index is 0.650. The van der Waals surface area contributed by atoms with Gasteiger partial charge in [0.1, 0.15) is 0 Å². The van der Waals surface area contributed by atoms with Crippen LogP contribution in [-0.2, 0) is 6.54 Å². The summed E-state index contributed by atoms with van der Waals surface area (Å²) in [5, 5.41) is 3.64. The van der Waals surface area contributed by atoms with Gasteiger partial charge in [0, 0.05) is 24.8 Å². The predicted octanol–water partition coefficient (Wildman–Crippen LogP) is 2.43. The van der Waals surface area contributed by atoms with Gasteiger partial charge in [0.25, 0.3) is 0 Å². The molecule has 0 spiro atoms. The highest BCUT2D eigenvalue weighted by Crippen LogP contribution is 2.23. The van der Waals surface area contributed by atoms with E-state index in [0.717, 1.165) is 13.1 Å². The van der Waals surface area contributed by atoms with E-state index in [0.29, 0.717) is 12.1 Å². The molecule has 18 heavy (non-hydrogen) atoms. The molecule has 3 nitrogen and oxygen atoms in total. The Morgan fingerprint density at radius 3 is 2.89 bits per heavy atom. The molecule has 1 heterocycles. The molecular weight excluding hydrogens is 222 g/mol. The molecular formula is C15H25N3. The molecule has 2 rings (SSSR count). The fourth-order valence-electron chi connectivity index (χ4n) is 3.00. The molecule has 1 fully saturated rings. The molecule has 0 amide bonds. The zero-order valence-electron chi connectivity index (χ0n) is 11.6. The van der Waals surface area contributed by atoms with Crippen molar-refractivity contribution in [3.05, 3.63) is 30.1 Å². The molecule has 0 saturated heterocycles. The van der Waals surface area contributed by atoms with Crippen LogP contribution in [-0.4, -0.2) is 35.6 Å². The maximum atomic E-state index is 4.42. The van der Waals surface area contributed by atoms with Crippen LogP contribution in [0.25, 0.3) is 0 Å². The summed E-state index contributed by atoms with van der Waals surface area (Å²) in [6, 6.07) is 7.46. The van der Waals surface area contributed by atoms with Crippen LogP contribution < -0.4 is 5.32 Å². The lowest BCUT2D eigenvalue weighted by molar-refractivity contribution is 0.143. The molecule has 1 aromatic rings. The second kappa shape index (κ2) is 6.86. The summed E-state index contributed by atoms with van der Waals surface area (Å²) in [7, 11) is 2.23. The molecule has 1 aliphatic carbocycles. The third-order valence-electron chi connectivity index (χ3n) is 3.90. The third kappa shape index (κ3) is 3.53. The van der Waals surface area contributed by atoms with E-state index in [-0.39, 0.29) is 0 Å². The van der Waals surface area contributed by atoms with E-state index < -0.39 is 0 Å². The van der Waals surface area contributed by atoms with Gasteiger partial charge < -0.3 is 5.32 Å². The quantitative estimate of drug-likeness (QED) is 0.866. The number of pyridine rings is 1. The first-order valence-electron chi connectivity index (χ1n) is 7.14. The minimum Gasteiger partial charge on any atom is -0.313 e. The average molecular weight is 247 g/mol. The van der Waals surface area contributed by atoms with Crippen LogP contribution >= 0.6 is 0 Å². The summed E-state index contributed by atoms with van der Waals surface area (Å²) in [5.74, 6) is 0. The Bertz CT molecular complexity index is 337. The van der Waals surface area contributed by atoms with Crippen molar-refractivity contribution in [1.82, 2.24) is 15.2 Å². The number of rotatable bonds is 5. The van der Waals surface area contributed by atoms with Crippen LogP contribution in [0.5, 0.6) is 0 Å². The Morgan fingerprint density at radius 2 is 2.17 bits per heavy atom. The highest BCUT2D eigenvalue weighted by molar-refractivity contribution is 5.04. The van der Waals surface area contributed by atoms with Crippen LogP contribution in [0.15, 0.2) is 24.4 Å². The van der Waals surface area contributed by atoms with Gasteiger partial charge in [-0.05, 0) is 38.6 Å². The second-order valence-electron chi connectivity index (χ2n) is 5.25. The van der Waals surface area contributed by atoms with Gasteiger partial charge in [0.2, 0.25) is 0 Å². The predicted molar refractivity (Wildman–Crippen MR) is 75.4 cm³/mol. The van der Waals surface area contributed by atoms with Gasteiger partial charge in [-0.25, -0.2) is 0 Å². The van der Waals surface area contributed by atoms with Gasteiger partial charge in [0.15, 0.2) is 0 Å². The molecule has 1 aromatic heterocycles. The minimum atomic E-state index is 0.650. The molecule has 0 aliphatic heterocycles. The zero-order valence-corrected chi connectivity index (χ0v) is 11.6. The van der Waals surface area contributed by atoms with Crippen molar-refractivity contribution >= 4 is 0 Å². The van der Waals surface area contributed by atoms with Gasteiger partial charge in [-0.2, -0.15) is 0 Å². The van der Waals surface area contributed by atoms with E-state index in [4.69, 9.17) is 0 Å². The van der Waals surface area contributed by atoms with Crippen molar-refractivity contribution in [2.24, 2.45) is 0 Å². The number of hydrogen-bond acceptors (Lipinski definition) is 3. The maximum Gasteiger partial charge on any atom is 0.0543 e. The van der Waals surface area contributed by atoms with Crippen molar-refractivity contribution in [2.75, 3.05) is 13.6 Å². The van der Waals surface area contributed by atoms with Crippen LogP contribution in [0, 0.1) is 0 Å². The zero-order chi connectivity index (χ0) is 12.8. The largest absolute Gasteiger partial charge is 0.313 e. The van der Waals surface area contributed by atoms with E-state index in [1.807, 2.05) is 12.3 Å². The van der Waals surface area contributed by atoms with Crippen molar-refractivity contribution in [2.45, 2.75) is 51.2 Å². The summed E-state index contributed by atoms with van der Waals surface area (Å²) in [6.45, 7) is 4.22. The standard InChI is InChI=1S/C15H25N3/c1-3-16-14-9-4-5-10-15(14)18(2)12-13-8-6-7-11-17-13/h6-8,11,14-16H,3-5,9-10,12H2,1-2H3. The first-order chi connectivity index (χ1) is 8.81. The SMILES string of the molecule is CCNC1CCCCC1N(C)Cc1ccccn1.